The summed E-state index contributed by atoms with van der Waals surface area (Å²) in [6.45, 7) is -6.46. The SMILES string of the molecule is [2H]c1nc([2H])c(C([2H])(C([2H])([2H])[2H])C([2H])([2H])[2H])nc1Br. The zero-order valence-corrected chi connectivity index (χ0v) is 6.36. The Labute approximate surface area is 81.5 Å². The van der Waals surface area contributed by atoms with Crippen molar-refractivity contribution in [2.24, 2.45) is 0 Å². The highest BCUT2D eigenvalue weighted by molar-refractivity contribution is 9.10. The number of hydrogen-bond donors (Lipinski definition) is 0. The van der Waals surface area contributed by atoms with Crippen molar-refractivity contribution in [1.29, 1.82) is 0 Å². The van der Waals surface area contributed by atoms with Gasteiger partial charge in [-0.3, -0.25) is 4.98 Å². The largest absolute Gasteiger partial charge is 0.260 e. The van der Waals surface area contributed by atoms with Gasteiger partial charge in [0, 0.05) is 15.8 Å². The number of nitrogens with zero attached hydrogens (tertiary/aromatic N) is 2. The molecule has 0 unspecified atom stereocenters. The van der Waals surface area contributed by atoms with Crippen LogP contribution in [0.1, 0.15) is 37.6 Å². The van der Waals surface area contributed by atoms with Gasteiger partial charge in [0.15, 0.2) is 0 Å². The van der Waals surface area contributed by atoms with E-state index in [-0.39, 0.29) is 4.60 Å². The lowest BCUT2D eigenvalue weighted by Crippen LogP contribution is -1.93. The van der Waals surface area contributed by atoms with Gasteiger partial charge in [0.1, 0.15) is 4.60 Å². The summed E-state index contributed by atoms with van der Waals surface area (Å²) in [6.07, 6.45) is -1.25. The molecule has 0 atom stereocenters. The molecule has 1 aromatic rings. The Bertz CT molecular complexity index is 481. The van der Waals surface area contributed by atoms with Crippen LogP contribution in [0.2, 0.25) is 0 Å². The molecule has 0 amide bonds. The summed E-state index contributed by atoms with van der Waals surface area (Å²) < 4.78 is 66.0. The molecule has 54 valence electrons. The molecule has 3 heteroatoms. The van der Waals surface area contributed by atoms with Gasteiger partial charge in [-0.15, -0.1) is 0 Å². The highest BCUT2D eigenvalue weighted by atomic mass is 79.9. The zero-order valence-electron chi connectivity index (χ0n) is 13.8. The van der Waals surface area contributed by atoms with E-state index in [0.29, 0.717) is 0 Å². The van der Waals surface area contributed by atoms with Crippen LogP contribution in [0.25, 0.3) is 0 Å². The Kier molecular flexibility index (Phi) is 0.631. The molecule has 0 radical (unpaired) electrons. The molecule has 1 rings (SSSR count). The third-order valence-electron chi connectivity index (χ3n) is 0.757. The summed E-state index contributed by atoms with van der Waals surface area (Å²) in [5, 5.41) is 0. The van der Waals surface area contributed by atoms with Crippen molar-refractivity contribution in [1.82, 2.24) is 9.97 Å². The van der Waals surface area contributed by atoms with E-state index in [1.165, 1.54) is 0 Å². The molecule has 1 heterocycles. The molecule has 0 aliphatic rings. The number of aromatic nitrogens is 2. The number of hydrogen-bond acceptors (Lipinski definition) is 2. The van der Waals surface area contributed by atoms with Crippen LogP contribution in [0.4, 0.5) is 0 Å². The lowest BCUT2D eigenvalue weighted by molar-refractivity contribution is 0.806. The van der Waals surface area contributed by atoms with Gasteiger partial charge in [-0.05, 0) is 21.8 Å². The van der Waals surface area contributed by atoms with Crippen LogP contribution in [0.5, 0.6) is 0 Å². The molecule has 0 saturated carbocycles. The second-order valence-electron chi connectivity index (χ2n) is 1.46. The number of rotatable bonds is 1. The Morgan fingerprint density at radius 2 is 2.60 bits per heavy atom. The minimum atomic E-state index is -3.23. The molecule has 0 aliphatic carbocycles. The molecular formula is C7H9BrN2. The van der Waals surface area contributed by atoms with Gasteiger partial charge in [0.2, 0.25) is 0 Å². The van der Waals surface area contributed by atoms with E-state index >= 15 is 0 Å². The number of halogens is 1. The first kappa shape index (κ1) is 2.03. The van der Waals surface area contributed by atoms with Crippen molar-refractivity contribution in [3.8, 4) is 0 Å². The fourth-order valence-electron chi connectivity index (χ4n) is 0.387. The lowest BCUT2D eigenvalue weighted by atomic mass is 10.1. The molecular weight excluding hydrogens is 192 g/mol. The van der Waals surface area contributed by atoms with E-state index in [4.69, 9.17) is 12.3 Å². The molecule has 0 aromatic carbocycles. The molecule has 1 aromatic heterocycles. The van der Waals surface area contributed by atoms with Gasteiger partial charge in [-0.2, -0.15) is 0 Å². The molecule has 0 N–H and O–H groups in total. The van der Waals surface area contributed by atoms with Gasteiger partial charge in [0.25, 0.3) is 0 Å². The van der Waals surface area contributed by atoms with Gasteiger partial charge >= 0.3 is 0 Å². The maximum absolute atomic E-state index is 7.84. The Morgan fingerprint density at radius 3 is 3.30 bits per heavy atom. The van der Waals surface area contributed by atoms with Gasteiger partial charge in [0.05, 0.1) is 14.6 Å². The third-order valence-corrected chi connectivity index (χ3v) is 1.11. The van der Waals surface area contributed by atoms with Crippen LogP contribution in [0.15, 0.2) is 16.9 Å². The van der Waals surface area contributed by atoms with Crippen LogP contribution in [-0.4, -0.2) is 9.97 Å². The zero-order chi connectivity index (χ0) is 15.2. The summed E-state index contributed by atoms with van der Waals surface area (Å²) in [5.74, 6) is -3.08. The predicted molar refractivity (Wildman–Crippen MR) is 43.8 cm³/mol. The average molecular weight is 210 g/mol. The second kappa shape index (κ2) is 3.10. The minimum Gasteiger partial charge on any atom is -0.260 e. The summed E-state index contributed by atoms with van der Waals surface area (Å²) in [4.78, 5) is 6.92. The monoisotopic (exact) mass is 209 g/mol. The van der Waals surface area contributed by atoms with E-state index in [0.717, 1.165) is 0 Å². The van der Waals surface area contributed by atoms with E-state index in [1.54, 1.807) is 0 Å². The summed E-state index contributed by atoms with van der Waals surface area (Å²) in [6, 6.07) is 0. The summed E-state index contributed by atoms with van der Waals surface area (Å²) in [5.41, 5.74) is -0.810. The van der Waals surface area contributed by atoms with E-state index in [2.05, 4.69) is 25.9 Å². The first-order valence-electron chi connectivity index (χ1n) is 6.83. The maximum atomic E-state index is 7.84. The van der Waals surface area contributed by atoms with Crippen molar-refractivity contribution in [2.75, 3.05) is 0 Å². The van der Waals surface area contributed by atoms with Crippen LogP contribution in [0.3, 0.4) is 0 Å². The van der Waals surface area contributed by atoms with Crippen LogP contribution in [-0.2, 0) is 0 Å². The Balaban J connectivity index is 3.66. The van der Waals surface area contributed by atoms with Gasteiger partial charge in [-0.1, -0.05) is 13.7 Å². The molecule has 10 heavy (non-hydrogen) atoms. The Hall–Kier alpha value is -0.440. The lowest BCUT2D eigenvalue weighted by Gasteiger charge is -2.01. The van der Waals surface area contributed by atoms with E-state index in [1.807, 2.05) is 0 Å². The highest BCUT2D eigenvalue weighted by Crippen LogP contribution is 2.12. The molecule has 0 saturated heterocycles. The van der Waals surface area contributed by atoms with Gasteiger partial charge in [-0.25, -0.2) is 4.98 Å². The maximum Gasteiger partial charge on any atom is 0.124 e. The second-order valence-corrected chi connectivity index (χ2v) is 2.21. The van der Waals surface area contributed by atoms with Crippen LogP contribution >= 0.6 is 15.9 Å². The minimum absolute atomic E-state index is 0.219. The van der Waals surface area contributed by atoms with E-state index < -0.39 is 37.6 Å². The van der Waals surface area contributed by atoms with Crippen molar-refractivity contribution in [3.05, 3.63) is 22.6 Å². The Morgan fingerprint density at radius 1 is 1.80 bits per heavy atom. The van der Waals surface area contributed by atoms with Crippen LogP contribution in [0, 0.1) is 0 Å². The first-order chi connectivity index (χ1) is 8.32. The average Bonchev–Trinajstić information content (AvgIpc) is 2.19. The fraction of sp³-hybridized carbons (Fsp3) is 0.429. The molecule has 2 nitrogen and oxygen atoms in total. The molecule has 0 spiro atoms. The fourth-order valence-corrected chi connectivity index (χ4v) is 0.653. The van der Waals surface area contributed by atoms with Gasteiger partial charge < -0.3 is 0 Å². The molecule has 0 aliphatic heterocycles. The van der Waals surface area contributed by atoms with Crippen molar-refractivity contribution >= 4 is 15.9 Å². The smallest absolute Gasteiger partial charge is 0.124 e. The molecule has 0 bridgehead atoms. The highest BCUT2D eigenvalue weighted by Gasteiger charge is 1.99. The standard InChI is InChI=1S/C7H9BrN2/c1-5(2)6-3-9-4-7(8)10-6/h3-5H,1-2H3/i1D3,2D3,3D,4D,5D. The summed E-state index contributed by atoms with van der Waals surface area (Å²) >= 11 is 2.81. The summed E-state index contributed by atoms with van der Waals surface area (Å²) in [7, 11) is 0. The quantitative estimate of drug-likeness (QED) is 0.711. The van der Waals surface area contributed by atoms with Crippen LogP contribution < -0.4 is 0 Å². The predicted octanol–water partition coefficient (Wildman–Crippen LogP) is 2.36. The van der Waals surface area contributed by atoms with Crippen molar-refractivity contribution in [3.63, 3.8) is 0 Å². The first-order valence-corrected chi connectivity index (χ1v) is 3.13. The normalized spacial score (nSPS) is 27.1. The van der Waals surface area contributed by atoms with E-state index in [9.17, 15) is 0 Å². The molecule has 0 fully saturated rings. The van der Waals surface area contributed by atoms with Crippen molar-refractivity contribution < 1.29 is 12.3 Å². The topological polar surface area (TPSA) is 25.8 Å². The van der Waals surface area contributed by atoms with Crippen molar-refractivity contribution in [2.45, 2.75) is 19.6 Å². The third kappa shape index (κ3) is 1.77.